The van der Waals surface area contributed by atoms with Crippen molar-refractivity contribution in [3.63, 3.8) is 0 Å². The van der Waals surface area contributed by atoms with Gasteiger partial charge in [0.05, 0.1) is 0 Å². The summed E-state index contributed by atoms with van der Waals surface area (Å²) >= 11 is 0. The zero-order valence-corrected chi connectivity index (χ0v) is 9.47. The summed E-state index contributed by atoms with van der Waals surface area (Å²) in [6, 6.07) is -0.542. The summed E-state index contributed by atoms with van der Waals surface area (Å²) in [5.41, 5.74) is 0. The first-order valence-corrected chi connectivity index (χ1v) is 6.13. The summed E-state index contributed by atoms with van der Waals surface area (Å²) in [5, 5.41) is 0. The summed E-state index contributed by atoms with van der Waals surface area (Å²) in [6.45, 7) is 3.91. The third-order valence-electron chi connectivity index (χ3n) is 2.55. The molecule has 1 fully saturated rings. The Kier molecular flexibility index (Phi) is 3.16. The Labute approximate surface area is 84.7 Å². The van der Waals surface area contributed by atoms with Crippen LogP contribution >= 0.6 is 0 Å². The van der Waals surface area contributed by atoms with Crippen LogP contribution in [0.2, 0.25) is 0 Å². The highest BCUT2D eigenvalue weighted by Crippen LogP contribution is 2.22. The second kappa shape index (κ2) is 3.86. The molecule has 1 rings (SSSR count). The first-order valence-electron chi connectivity index (χ1n) is 4.69. The maximum atomic E-state index is 11.4. The summed E-state index contributed by atoms with van der Waals surface area (Å²) in [7, 11) is -2.12. The number of rotatable bonds is 3. The standard InChI is InChI=1S/C8H16N2O3S/c1-4-5-6(2)7-8(11)9-14(12,13)10(7)3/h6-7H,4-5H2,1-3H3,(H,9,11). The highest BCUT2D eigenvalue weighted by Gasteiger charge is 2.43. The molecule has 0 saturated carbocycles. The maximum absolute atomic E-state index is 11.4. The maximum Gasteiger partial charge on any atom is 0.304 e. The van der Waals surface area contributed by atoms with E-state index in [1.165, 1.54) is 7.05 Å². The van der Waals surface area contributed by atoms with Gasteiger partial charge in [-0.15, -0.1) is 0 Å². The van der Waals surface area contributed by atoms with E-state index in [2.05, 4.69) is 0 Å². The number of nitrogens with one attached hydrogen (secondary N) is 1. The molecule has 1 N–H and O–H groups in total. The van der Waals surface area contributed by atoms with Crippen molar-refractivity contribution in [3.05, 3.63) is 0 Å². The lowest BCUT2D eigenvalue weighted by atomic mass is 9.97. The minimum Gasteiger partial charge on any atom is -0.272 e. The molecule has 14 heavy (non-hydrogen) atoms. The fourth-order valence-electron chi connectivity index (χ4n) is 1.80. The molecule has 2 atom stereocenters. The number of carbonyl (C=O) groups excluding carboxylic acids is 1. The van der Waals surface area contributed by atoms with E-state index in [4.69, 9.17) is 0 Å². The number of hydrogen-bond acceptors (Lipinski definition) is 3. The van der Waals surface area contributed by atoms with E-state index in [0.29, 0.717) is 0 Å². The Morgan fingerprint density at radius 1 is 1.57 bits per heavy atom. The zero-order valence-electron chi connectivity index (χ0n) is 8.65. The van der Waals surface area contributed by atoms with E-state index in [9.17, 15) is 13.2 Å². The third-order valence-corrected chi connectivity index (χ3v) is 4.00. The van der Waals surface area contributed by atoms with Crippen LogP contribution in [-0.4, -0.2) is 31.7 Å². The highest BCUT2D eigenvalue weighted by atomic mass is 32.2. The van der Waals surface area contributed by atoms with Crippen LogP contribution in [-0.2, 0) is 15.0 Å². The van der Waals surface area contributed by atoms with Gasteiger partial charge in [0.2, 0.25) is 0 Å². The monoisotopic (exact) mass is 220 g/mol. The van der Waals surface area contributed by atoms with Gasteiger partial charge in [-0.2, -0.15) is 12.7 Å². The Bertz CT molecular complexity index is 325. The van der Waals surface area contributed by atoms with Crippen LogP contribution in [0, 0.1) is 5.92 Å². The van der Waals surface area contributed by atoms with Gasteiger partial charge >= 0.3 is 10.2 Å². The minimum atomic E-state index is -3.55. The molecule has 1 saturated heterocycles. The van der Waals surface area contributed by atoms with Crippen molar-refractivity contribution < 1.29 is 13.2 Å². The van der Waals surface area contributed by atoms with Crippen molar-refractivity contribution in [2.75, 3.05) is 7.05 Å². The smallest absolute Gasteiger partial charge is 0.272 e. The van der Waals surface area contributed by atoms with Gasteiger partial charge < -0.3 is 0 Å². The lowest BCUT2D eigenvalue weighted by Gasteiger charge is -2.20. The van der Waals surface area contributed by atoms with Gasteiger partial charge in [0, 0.05) is 7.05 Å². The molecule has 0 aromatic rings. The molecule has 0 aromatic carbocycles. The summed E-state index contributed by atoms with van der Waals surface area (Å²) in [4.78, 5) is 11.4. The van der Waals surface area contributed by atoms with Gasteiger partial charge in [-0.25, -0.2) is 4.72 Å². The summed E-state index contributed by atoms with van der Waals surface area (Å²) < 4.78 is 25.7. The van der Waals surface area contributed by atoms with Crippen LogP contribution in [0.1, 0.15) is 26.7 Å². The van der Waals surface area contributed by atoms with Crippen molar-refractivity contribution in [1.29, 1.82) is 0 Å². The van der Waals surface area contributed by atoms with E-state index < -0.39 is 22.2 Å². The molecule has 1 amide bonds. The van der Waals surface area contributed by atoms with Crippen molar-refractivity contribution in [2.45, 2.75) is 32.7 Å². The number of carbonyl (C=O) groups is 1. The second-order valence-corrected chi connectivity index (χ2v) is 5.43. The van der Waals surface area contributed by atoms with E-state index in [-0.39, 0.29) is 5.92 Å². The van der Waals surface area contributed by atoms with E-state index in [1.54, 1.807) is 0 Å². The van der Waals surface area contributed by atoms with Crippen molar-refractivity contribution in [1.82, 2.24) is 9.03 Å². The number of amides is 1. The number of likely N-dealkylation sites (N-methyl/N-ethyl adjacent to an activating group) is 1. The summed E-state index contributed by atoms with van der Waals surface area (Å²) in [5.74, 6) is -0.351. The molecule has 0 aliphatic carbocycles. The summed E-state index contributed by atoms with van der Waals surface area (Å²) in [6.07, 6.45) is 1.79. The Morgan fingerprint density at radius 3 is 2.50 bits per heavy atom. The van der Waals surface area contributed by atoms with Crippen LogP contribution in [0.25, 0.3) is 0 Å². The second-order valence-electron chi connectivity index (χ2n) is 3.70. The first kappa shape index (κ1) is 11.5. The average Bonchev–Trinajstić information content (AvgIpc) is 2.22. The van der Waals surface area contributed by atoms with Gasteiger partial charge in [0.25, 0.3) is 5.91 Å². The van der Waals surface area contributed by atoms with Gasteiger partial charge in [-0.3, -0.25) is 4.79 Å². The molecular formula is C8H16N2O3S. The normalized spacial score (nSPS) is 28.8. The molecule has 1 aliphatic heterocycles. The predicted molar refractivity (Wildman–Crippen MR) is 52.7 cm³/mol. The molecule has 5 nitrogen and oxygen atoms in total. The van der Waals surface area contributed by atoms with Crippen molar-refractivity contribution in [3.8, 4) is 0 Å². The molecule has 0 bridgehead atoms. The van der Waals surface area contributed by atoms with E-state index in [1.807, 2.05) is 18.6 Å². The lowest BCUT2D eigenvalue weighted by Crippen LogP contribution is -2.37. The van der Waals surface area contributed by atoms with E-state index in [0.717, 1.165) is 17.1 Å². The van der Waals surface area contributed by atoms with Crippen LogP contribution < -0.4 is 4.72 Å². The van der Waals surface area contributed by atoms with Gasteiger partial charge in [-0.1, -0.05) is 20.3 Å². The predicted octanol–water partition coefficient (Wildman–Crippen LogP) is 0.0976. The largest absolute Gasteiger partial charge is 0.304 e. The SMILES string of the molecule is CCCC(C)C1C(=O)NS(=O)(=O)N1C. The molecular weight excluding hydrogens is 204 g/mol. The molecule has 0 radical (unpaired) electrons. The average molecular weight is 220 g/mol. The molecule has 1 aliphatic rings. The van der Waals surface area contributed by atoms with Gasteiger partial charge in [0.1, 0.15) is 6.04 Å². The molecule has 2 unspecified atom stereocenters. The lowest BCUT2D eigenvalue weighted by molar-refractivity contribution is -0.122. The van der Waals surface area contributed by atoms with Crippen molar-refractivity contribution >= 4 is 16.1 Å². The fourth-order valence-corrected chi connectivity index (χ4v) is 2.93. The van der Waals surface area contributed by atoms with Crippen LogP contribution in [0.5, 0.6) is 0 Å². The van der Waals surface area contributed by atoms with Gasteiger partial charge in [-0.05, 0) is 12.3 Å². The fraction of sp³-hybridized carbons (Fsp3) is 0.875. The third kappa shape index (κ3) is 1.90. The number of hydrogen-bond donors (Lipinski definition) is 1. The molecule has 0 aromatic heterocycles. The number of nitrogens with zero attached hydrogens (tertiary/aromatic N) is 1. The molecule has 6 heteroatoms. The first-order chi connectivity index (χ1) is 6.40. The zero-order chi connectivity index (χ0) is 10.9. The quantitative estimate of drug-likeness (QED) is 0.733. The van der Waals surface area contributed by atoms with Crippen LogP contribution in [0.15, 0.2) is 0 Å². The Hall–Kier alpha value is -0.620. The molecule has 82 valence electrons. The van der Waals surface area contributed by atoms with Crippen LogP contribution in [0.3, 0.4) is 0 Å². The topological polar surface area (TPSA) is 66.5 Å². The molecule has 1 heterocycles. The van der Waals surface area contributed by atoms with Crippen LogP contribution in [0.4, 0.5) is 0 Å². The van der Waals surface area contributed by atoms with E-state index >= 15 is 0 Å². The minimum absolute atomic E-state index is 0.0577. The Balaban J connectivity index is 2.85. The molecule has 0 spiro atoms. The van der Waals surface area contributed by atoms with Crippen molar-refractivity contribution in [2.24, 2.45) is 5.92 Å². The van der Waals surface area contributed by atoms with Gasteiger partial charge in [0.15, 0.2) is 0 Å². The Morgan fingerprint density at radius 2 is 2.14 bits per heavy atom. The highest BCUT2D eigenvalue weighted by molar-refractivity contribution is 7.88.